The van der Waals surface area contributed by atoms with Gasteiger partial charge in [0.15, 0.2) is 9.84 Å². The van der Waals surface area contributed by atoms with Gasteiger partial charge in [-0.1, -0.05) is 61.8 Å². The third-order valence-corrected chi connectivity index (χ3v) is 34.5. The number of rotatable bonds is 0. The Kier molecular flexibility index (Phi) is 44.5. The Hall–Kier alpha value is 1.45. The van der Waals surface area contributed by atoms with Gasteiger partial charge in [0.2, 0.25) is 0 Å². The molecule has 10 rings (SSSR count). The van der Waals surface area contributed by atoms with Crippen LogP contribution >= 0.6 is 47.0 Å². The van der Waals surface area contributed by atoms with Crippen LogP contribution in [0.2, 0.25) is 0 Å². The Balaban J connectivity index is 0.000000456. The van der Waals surface area contributed by atoms with Crippen LogP contribution in [-0.4, -0.2) is 157 Å². The maximum atomic E-state index is 11.2. The molecule has 10 saturated heterocycles. The third kappa shape index (κ3) is 45.7. The first-order valence-electron chi connectivity index (χ1n) is 31.5. The smallest absolute Gasteiger partial charge is 0.150 e. The fraction of sp³-hybridized carbons (Fsp3) is 1.00. The summed E-state index contributed by atoms with van der Waals surface area (Å²) in [5, 5.41) is 0.145. The first kappa shape index (κ1) is 81.5. The van der Waals surface area contributed by atoms with Crippen LogP contribution in [0, 0.1) is 61.7 Å². The summed E-state index contributed by atoms with van der Waals surface area (Å²) in [6, 6.07) is 0. The summed E-state index contributed by atoms with van der Waals surface area (Å²) < 4.78 is 121. The van der Waals surface area contributed by atoms with Gasteiger partial charge in [0.05, 0.1) is 23.0 Å². The highest BCUT2D eigenvalue weighted by molar-refractivity contribution is 8.17. The molecule has 0 bridgehead atoms. The van der Waals surface area contributed by atoms with Crippen LogP contribution < -0.4 is 0 Å². The van der Waals surface area contributed by atoms with Gasteiger partial charge >= 0.3 is 0 Å². The molecule has 12 nitrogen and oxygen atoms in total. The summed E-state index contributed by atoms with van der Waals surface area (Å²) in [7, 11) is -12.6. The lowest BCUT2D eigenvalue weighted by Crippen LogP contribution is -2.23. The first-order chi connectivity index (χ1) is 38.3. The van der Waals surface area contributed by atoms with Gasteiger partial charge in [-0.05, 0) is 218 Å². The quantitative estimate of drug-likeness (QED) is 0.205. The molecule has 492 valence electrons. The standard InChI is InChI=1S/3C6H13NOS.2C6H12O2S.2C6H12OS.2C6H12S.C5H10S2/c1-6-2-4-9(7,8)5-3-6;1-6-3-2-4-9(7,8)5-6;1-6-4-2-3-5-9(6,7)8;1-6-2-4-9(7,8)5-3-6;1-6-3-2-4-9(7,8)5-6;1-6-2-4-8(7)5-3-6;1-6-3-2-4-8(7)5-6;1-6-2-4-7-5-3-6;1-6-3-2-4-7-5-6;1-5-6-3-2-4-7-5/h3*6-7H,2-5H2,1H3;2*6H,2-5H2,1H3;2*6H,2-5H2,1H3;2*6H,2-5H2,1H3;5H,2-4H2,1H3. The highest BCUT2D eigenvalue weighted by Crippen LogP contribution is 2.29. The molecule has 0 amide bonds. The van der Waals surface area contributed by atoms with Crippen molar-refractivity contribution in [3.8, 4) is 0 Å². The van der Waals surface area contributed by atoms with E-state index in [2.05, 4.69) is 102 Å². The van der Waals surface area contributed by atoms with Crippen molar-refractivity contribution in [1.82, 2.24) is 0 Å². The van der Waals surface area contributed by atoms with Crippen LogP contribution in [0.15, 0.2) is 0 Å². The van der Waals surface area contributed by atoms with Crippen LogP contribution in [0.25, 0.3) is 0 Å². The third-order valence-electron chi connectivity index (χ3n) is 16.2. The van der Waals surface area contributed by atoms with Crippen molar-refractivity contribution in [3.05, 3.63) is 0 Å². The lowest BCUT2D eigenvalue weighted by atomic mass is 10.1. The zero-order valence-corrected chi connectivity index (χ0v) is 62.0. The van der Waals surface area contributed by atoms with Crippen LogP contribution in [0.4, 0.5) is 0 Å². The van der Waals surface area contributed by atoms with E-state index in [9.17, 15) is 37.9 Å². The van der Waals surface area contributed by atoms with Gasteiger partial charge in [-0.15, -0.1) is 23.5 Å². The predicted octanol–water partition coefficient (Wildman–Crippen LogP) is 15.0. The Bertz CT molecular complexity index is 2130. The van der Waals surface area contributed by atoms with Crippen molar-refractivity contribution >= 4 is 118 Å². The van der Waals surface area contributed by atoms with Gasteiger partial charge in [0.1, 0.15) is 9.84 Å². The van der Waals surface area contributed by atoms with E-state index in [0.717, 1.165) is 116 Å². The maximum Gasteiger partial charge on any atom is 0.150 e. The minimum Gasteiger partial charge on any atom is -0.260 e. The topological polar surface area (TPSA) is 225 Å². The molecule has 0 aliphatic carbocycles. The minimum absolute atomic E-state index is 0.145. The Morgan fingerprint density at radius 2 is 0.854 bits per heavy atom. The average Bonchev–Trinajstić information content (AvgIpc) is 3.44. The van der Waals surface area contributed by atoms with E-state index in [1.807, 2.05) is 13.8 Å². The number of thioether (sulfide) groups is 4. The van der Waals surface area contributed by atoms with E-state index in [-0.39, 0.29) is 5.25 Å². The monoisotopic (exact) mass is 1370 g/mol. The fourth-order valence-corrected chi connectivity index (χ4v) is 26.7. The lowest BCUT2D eigenvalue weighted by molar-refractivity contribution is 0.500. The van der Waals surface area contributed by atoms with Gasteiger partial charge < -0.3 is 0 Å². The minimum atomic E-state index is -2.63. The van der Waals surface area contributed by atoms with Crippen molar-refractivity contribution in [2.24, 2.45) is 47.3 Å². The van der Waals surface area contributed by atoms with Gasteiger partial charge in [-0.25, -0.2) is 29.5 Å². The Labute approximate surface area is 529 Å². The fourth-order valence-electron chi connectivity index (χ4n) is 10.0. The zero-order chi connectivity index (χ0) is 61.8. The zero-order valence-electron chi connectivity index (χ0n) is 53.0. The molecule has 10 heterocycles. The van der Waals surface area contributed by atoms with E-state index in [0.29, 0.717) is 81.4 Å². The van der Waals surface area contributed by atoms with Crippen molar-refractivity contribution in [1.29, 1.82) is 14.3 Å². The van der Waals surface area contributed by atoms with E-state index in [1.165, 1.54) is 92.3 Å². The molecule has 0 aromatic carbocycles. The molecule has 0 aromatic rings. The lowest BCUT2D eigenvalue weighted by Gasteiger charge is -2.20. The molecule has 8 atom stereocenters. The first-order valence-corrected chi connectivity index (χ1v) is 48.1. The molecule has 3 N–H and O–H groups in total. The summed E-state index contributed by atoms with van der Waals surface area (Å²) in [5.41, 5.74) is 0. The van der Waals surface area contributed by atoms with Gasteiger partial charge in [-0.2, -0.15) is 23.5 Å². The molecule has 10 aliphatic heterocycles. The molecule has 0 saturated carbocycles. The number of nitrogens with one attached hydrogen (secondary N) is 3. The summed E-state index contributed by atoms with van der Waals surface area (Å²) >= 11 is 8.36. The largest absolute Gasteiger partial charge is 0.260 e. The van der Waals surface area contributed by atoms with Gasteiger partial charge in [0, 0.05) is 112 Å². The second-order valence-electron chi connectivity index (χ2n) is 25.6. The van der Waals surface area contributed by atoms with E-state index in [1.54, 1.807) is 0 Å². The molecule has 0 aromatic heterocycles. The summed E-state index contributed by atoms with van der Waals surface area (Å²) in [6.07, 6.45) is 23.0. The normalized spacial score (nSPS) is 36.4. The summed E-state index contributed by atoms with van der Waals surface area (Å²) in [5.74, 6) is 22.8. The maximum absolute atomic E-state index is 11.2. The highest BCUT2D eigenvalue weighted by atomic mass is 32.2. The molecule has 0 radical (unpaired) electrons. The van der Waals surface area contributed by atoms with Gasteiger partial charge in [-0.3, -0.25) is 22.8 Å². The SMILES string of the molecule is CC1CCCCS1(=N)=O.CC1CCCS(=N)(=O)C1.CC1CCCS(=O)(=O)C1.CC1CCCS(=O)C1.CC1CCCSC1.CC1CCS(=N)(=O)CC1.CC1CCS(=O)(=O)CC1.CC1CCS(=O)CC1.CC1CCSCC1.CC1SCCCS1. The van der Waals surface area contributed by atoms with Crippen LogP contribution in [0.1, 0.15) is 198 Å². The highest BCUT2D eigenvalue weighted by Gasteiger charge is 2.23. The van der Waals surface area contributed by atoms with E-state index in [4.69, 9.17) is 14.3 Å². The number of sulfone groups is 2. The Morgan fingerprint density at radius 3 is 1.16 bits per heavy atom. The van der Waals surface area contributed by atoms with Crippen LogP contribution in [0.3, 0.4) is 0 Å². The molecule has 23 heteroatoms. The van der Waals surface area contributed by atoms with Crippen molar-refractivity contribution in [3.63, 3.8) is 0 Å². The summed E-state index contributed by atoms with van der Waals surface area (Å²) in [4.78, 5) is 0. The molecule has 8 unspecified atom stereocenters. The van der Waals surface area contributed by atoms with Gasteiger partial charge in [0.25, 0.3) is 0 Å². The molecule has 0 spiro atoms. The molecule has 10 aliphatic rings. The molecule has 82 heavy (non-hydrogen) atoms. The summed E-state index contributed by atoms with van der Waals surface area (Å²) in [6.45, 7) is 21.6. The molecule has 10 fully saturated rings. The number of hydrogen-bond acceptors (Lipinski definition) is 16. The van der Waals surface area contributed by atoms with E-state index >= 15 is 0 Å². The molecular formula is C59H121N3O9S11. The van der Waals surface area contributed by atoms with Crippen molar-refractivity contribution in [2.75, 3.05) is 109 Å². The molecular weight excluding hydrogens is 1250 g/mol. The Morgan fingerprint density at radius 1 is 0.354 bits per heavy atom. The predicted molar refractivity (Wildman–Crippen MR) is 374 cm³/mol. The van der Waals surface area contributed by atoms with Crippen LogP contribution in [0.5, 0.6) is 0 Å². The second kappa shape index (κ2) is 44.8. The average molecular weight is 1370 g/mol. The van der Waals surface area contributed by atoms with Crippen molar-refractivity contribution < 1.29 is 37.9 Å². The van der Waals surface area contributed by atoms with Crippen LogP contribution in [-0.2, 0) is 70.5 Å². The second-order valence-corrected chi connectivity index (χ2v) is 46.5. The van der Waals surface area contributed by atoms with E-state index < -0.39 is 70.5 Å². The number of hydrogen-bond donors (Lipinski definition) is 3. The van der Waals surface area contributed by atoms with Crippen molar-refractivity contribution in [2.45, 2.75) is 207 Å².